The molecule has 0 radical (unpaired) electrons. The summed E-state index contributed by atoms with van der Waals surface area (Å²) in [5, 5.41) is -4.26. The van der Waals surface area contributed by atoms with Crippen molar-refractivity contribution in [2.24, 2.45) is 0 Å². The molecule has 2 nitrogen and oxygen atoms in total. The zero-order valence-corrected chi connectivity index (χ0v) is 22.4. The Kier molecular flexibility index (Phi) is 2.30. The lowest BCUT2D eigenvalue weighted by Gasteiger charge is -2.18. The van der Waals surface area contributed by atoms with Gasteiger partial charge in [-0.05, 0) is 84.8 Å². The number of aromatic nitrogens is 2. The number of hydrogen-bond donors (Lipinski definition) is 0. The van der Waals surface area contributed by atoms with E-state index in [9.17, 15) is 13.7 Å². The first kappa shape index (κ1) is 10.0. The van der Waals surface area contributed by atoms with Crippen molar-refractivity contribution in [1.29, 1.82) is 0 Å². The molecule has 9 aromatic rings. The largest absolute Gasteiger partial charge is 0.292 e. The van der Waals surface area contributed by atoms with Crippen LogP contribution in [0.25, 0.3) is 82.7 Å². The molecule has 0 aliphatic carbocycles. The van der Waals surface area contributed by atoms with Crippen LogP contribution in [-0.2, 0) is 0 Å². The van der Waals surface area contributed by atoms with Gasteiger partial charge in [0.2, 0.25) is 0 Å². The molecule has 1 aromatic heterocycles. The average molecular weight is 601 g/mol. The Labute approximate surface area is 300 Å². The minimum atomic E-state index is -1.14. The molecule has 0 fully saturated rings. The van der Waals surface area contributed by atoms with Crippen molar-refractivity contribution in [1.82, 2.24) is 9.55 Å². The van der Waals surface area contributed by atoms with Crippen molar-refractivity contribution in [3.8, 4) is 39.3 Å². The molecule has 9 rings (SSSR count). The number of para-hydroxylation sites is 2. The molecule has 0 aliphatic rings. The molecule has 0 saturated carbocycles. The van der Waals surface area contributed by atoms with Gasteiger partial charge >= 0.3 is 0 Å². The number of nitrogens with zero attached hydrogens (tertiary/aromatic N) is 2. The number of imidazole rings is 1. The molecule has 210 valence electrons. The monoisotopic (exact) mass is 600 g/mol. The predicted octanol–water partition coefficient (Wildman–Crippen LogP) is 11.5. The van der Waals surface area contributed by atoms with E-state index in [2.05, 4.69) is 4.98 Å². The summed E-state index contributed by atoms with van der Waals surface area (Å²) < 4.78 is 250. The second kappa shape index (κ2) is 10.3. The Balaban J connectivity index is 1.55. The predicted molar refractivity (Wildman–Crippen MR) is 190 cm³/mol. The molecule has 45 heavy (non-hydrogen) atoms. The van der Waals surface area contributed by atoms with E-state index in [-0.39, 0.29) is 0 Å². The van der Waals surface area contributed by atoms with Gasteiger partial charge in [-0.2, -0.15) is 0 Å². The topological polar surface area (TPSA) is 17.8 Å². The van der Waals surface area contributed by atoms with Crippen LogP contribution in [-0.4, -0.2) is 9.55 Å². The first-order valence-corrected chi connectivity index (χ1v) is 13.1. The van der Waals surface area contributed by atoms with Gasteiger partial charge in [0.25, 0.3) is 0 Å². The Hall–Kier alpha value is -5.99. The highest BCUT2D eigenvalue weighted by molar-refractivity contribution is 6.21. The highest BCUT2D eigenvalue weighted by Gasteiger charge is 2.18. The lowest BCUT2D eigenvalue weighted by atomic mass is 9.85. The molecule has 0 atom stereocenters. The first-order chi connectivity index (χ1) is 34.0. The van der Waals surface area contributed by atoms with E-state index in [1.54, 1.807) is 0 Å². The molecular formula is C43H28N2. The maximum atomic E-state index is 9.65. The van der Waals surface area contributed by atoms with Crippen LogP contribution in [0.1, 0.15) is 38.4 Å². The van der Waals surface area contributed by atoms with E-state index in [4.69, 9.17) is 24.7 Å². The summed E-state index contributed by atoms with van der Waals surface area (Å²) in [4.78, 5) is 4.28. The maximum Gasteiger partial charge on any atom is 0.145 e. The van der Waals surface area contributed by atoms with Gasteiger partial charge in [-0.15, -0.1) is 0 Å². The summed E-state index contributed by atoms with van der Waals surface area (Å²) in [6.07, 6.45) is 0. The van der Waals surface area contributed by atoms with Crippen LogP contribution in [0.3, 0.4) is 0 Å². The van der Waals surface area contributed by atoms with Crippen molar-refractivity contribution in [2.45, 2.75) is 0 Å². The third-order valence-electron chi connectivity index (χ3n) is 6.99. The van der Waals surface area contributed by atoms with Crippen LogP contribution in [0.15, 0.2) is 169 Å². The lowest BCUT2D eigenvalue weighted by molar-refractivity contribution is 1.10. The summed E-state index contributed by atoms with van der Waals surface area (Å²) in [7, 11) is 0. The summed E-state index contributed by atoms with van der Waals surface area (Å²) in [5.41, 5.74) is -6.08. The fourth-order valence-corrected chi connectivity index (χ4v) is 5.12. The fraction of sp³-hybridized carbons (Fsp3) is 0. The molecule has 1 heterocycles. The molecule has 2 heteroatoms. The molecule has 0 spiro atoms. The number of rotatable bonds is 4. The Morgan fingerprint density at radius 1 is 0.422 bits per heavy atom. The molecular weight excluding hydrogens is 544 g/mol. The standard InChI is InChI=1S/C43H28N2/c1-2-13-31(14-3-1)43-44-39-20-10-11-21-40(39)45(43)34-26-24-30(25-27-34)41-35-16-6-8-18-37(35)42(38-19-9-7-17-36(38)41)33-23-22-29-12-4-5-15-32(29)28-33/h1-28H/i1D,2D,3D,4D,5D,6D,7D,8D,9D,10D,11D,12D,13D,14D,15D,16D,17D,18D,19D,20D,21D,22D,23D,24D,25D,26D,27D,28D. The second-order valence-electron chi connectivity index (χ2n) is 9.44. The highest BCUT2D eigenvalue weighted by atomic mass is 15.1. The number of benzene rings is 8. The summed E-state index contributed by atoms with van der Waals surface area (Å²) in [6, 6.07) is -26.7. The van der Waals surface area contributed by atoms with Crippen LogP contribution < -0.4 is 0 Å². The third kappa shape index (κ3) is 4.15. The number of hydrogen-bond acceptors (Lipinski definition) is 1. The van der Waals surface area contributed by atoms with Crippen LogP contribution in [0, 0.1) is 0 Å². The van der Waals surface area contributed by atoms with Crippen LogP contribution in [0.2, 0.25) is 0 Å². The highest BCUT2D eigenvalue weighted by Crippen LogP contribution is 2.44. The van der Waals surface area contributed by atoms with Gasteiger partial charge in [0.05, 0.1) is 49.4 Å². The normalized spacial score (nSPS) is 20.3. The second-order valence-corrected chi connectivity index (χ2v) is 9.44. The SMILES string of the molecule is [2H]c1c([2H])c([2H])c(-c2nc3c([2H])c([2H])c([2H])c([2H])c3n2-c2c([2H])c([2H])c(-c3c4c([2H])c([2H])c([2H])c([2H])c4c(-c4c([2H])c([2H])c5c([2H])c([2H])c([2H])c([2H])c5c4[2H])c4c([2H])c([2H])c([2H])c([2H])c34)c([2H])c2[2H])c([2H])c1[2H]. The van der Waals surface area contributed by atoms with Crippen LogP contribution in [0.4, 0.5) is 0 Å². The fourth-order valence-electron chi connectivity index (χ4n) is 5.12. The molecule has 8 aromatic carbocycles. The van der Waals surface area contributed by atoms with Crippen molar-refractivity contribution >= 4 is 43.4 Å². The van der Waals surface area contributed by atoms with E-state index < -0.39 is 252 Å². The molecule has 0 N–H and O–H groups in total. The Bertz CT molecular complexity index is 3990. The van der Waals surface area contributed by atoms with Gasteiger partial charge in [-0.25, -0.2) is 4.98 Å². The Morgan fingerprint density at radius 2 is 0.956 bits per heavy atom. The van der Waals surface area contributed by atoms with Crippen molar-refractivity contribution < 1.29 is 38.4 Å². The maximum absolute atomic E-state index is 9.65. The van der Waals surface area contributed by atoms with E-state index >= 15 is 0 Å². The minimum Gasteiger partial charge on any atom is -0.292 e. The molecule has 0 unspecified atom stereocenters. The summed E-state index contributed by atoms with van der Waals surface area (Å²) >= 11 is 0. The van der Waals surface area contributed by atoms with Crippen LogP contribution in [0.5, 0.6) is 0 Å². The molecule has 0 aliphatic heterocycles. The van der Waals surface area contributed by atoms with E-state index in [1.807, 2.05) is 0 Å². The first-order valence-electron chi connectivity index (χ1n) is 27.1. The Morgan fingerprint density at radius 3 is 1.64 bits per heavy atom. The molecule has 0 bridgehead atoms. The lowest BCUT2D eigenvalue weighted by Crippen LogP contribution is -1.97. The molecule has 0 amide bonds. The van der Waals surface area contributed by atoms with Crippen molar-refractivity contribution in [3.63, 3.8) is 0 Å². The summed E-state index contributed by atoms with van der Waals surface area (Å²) in [6.45, 7) is 0. The van der Waals surface area contributed by atoms with Crippen molar-refractivity contribution in [3.05, 3.63) is 169 Å². The minimum absolute atomic E-state index is 0.585. The smallest absolute Gasteiger partial charge is 0.145 e. The van der Waals surface area contributed by atoms with Gasteiger partial charge < -0.3 is 0 Å². The van der Waals surface area contributed by atoms with Gasteiger partial charge in [-0.1, -0.05) is 139 Å². The third-order valence-corrected chi connectivity index (χ3v) is 6.99. The van der Waals surface area contributed by atoms with E-state index in [1.165, 1.54) is 0 Å². The van der Waals surface area contributed by atoms with Crippen molar-refractivity contribution in [2.75, 3.05) is 0 Å². The quantitative estimate of drug-likeness (QED) is 0.184. The van der Waals surface area contributed by atoms with Gasteiger partial charge in [-0.3, -0.25) is 4.57 Å². The van der Waals surface area contributed by atoms with Gasteiger partial charge in [0, 0.05) is 11.3 Å². The summed E-state index contributed by atoms with van der Waals surface area (Å²) in [5.74, 6) is -0.762. The van der Waals surface area contributed by atoms with Gasteiger partial charge in [0.1, 0.15) is 5.82 Å². The number of fused-ring (bicyclic) bond motifs is 4. The average Bonchev–Trinajstić information content (AvgIpc) is 3.74. The zero-order valence-electron chi connectivity index (χ0n) is 50.4. The zero-order chi connectivity index (χ0) is 54.1. The van der Waals surface area contributed by atoms with E-state index in [0.717, 1.165) is 0 Å². The van der Waals surface area contributed by atoms with Crippen LogP contribution >= 0.6 is 0 Å². The van der Waals surface area contributed by atoms with E-state index in [0.29, 0.717) is 4.57 Å². The molecule has 0 saturated heterocycles. The van der Waals surface area contributed by atoms with Gasteiger partial charge in [0.15, 0.2) is 0 Å².